The number of aliphatic hydroxyl groups excluding tert-OH is 1. The summed E-state index contributed by atoms with van der Waals surface area (Å²) in [4.78, 5) is 30.6. The van der Waals surface area contributed by atoms with E-state index < -0.39 is 23.5 Å². The molecule has 0 spiro atoms. The number of aliphatic hydroxyl groups is 1. The zero-order valence-corrected chi connectivity index (χ0v) is 21.7. The van der Waals surface area contributed by atoms with Crippen molar-refractivity contribution in [3.05, 3.63) is 82.4 Å². The zero-order valence-electron chi connectivity index (χ0n) is 21.0. The lowest BCUT2D eigenvalue weighted by atomic mass is 9.94. The minimum Gasteiger partial charge on any atom is -0.508 e. The molecule has 9 heteroatoms. The summed E-state index contributed by atoms with van der Waals surface area (Å²) >= 11 is 6.33. The summed E-state index contributed by atoms with van der Waals surface area (Å²) in [7, 11) is 2.86. The van der Waals surface area contributed by atoms with E-state index in [1.54, 1.807) is 24.3 Å². The minimum atomic E-state index is -1.01. The summed E-state index contributed by atoms with van der Waals surface area (Å²) in [6, 6.07) is 15.6. The van der Waals surface area contributed by atoms with Crippen LogP contribution >= 0.6 is 11.6 Å². The fourth-order valence-corrected chi connectivity index (χ4v) is 5.34. The van der Waals surface area contributed by atoms with Crippen LogP contribution in [0.3, 0.4) is 0 Å². The Hall–Kier alpha value is -4.17. The van der Waals surface area contributed by atoms with Gasteiger partial charge in [0.25, 0.3) is 11.7 Å². The number of phenols is 1. The maximum Gasteiger partial charge on any atom is 0.300 e. The molecular formula is C29H27ClN2O6. The molecule has 0 radical (unpaired) electrons. The van der Waals surface area contributed by atoms with Crippen LogP contribution in [0.25, 0.3) is 5.76 Å². The van der Waals surface area contributed by atoms with Gasteiger partial charge in [-0.2, -0.15) is 0 Å². The number of ether oxygens (including phenoxy) is 2. The Kier molecular flexibility index (Phi) is 6.91. The first-order chi connectivity index (χ1) is 18.3. The number of benzene rings is 3. The van der Waals surface area contributed by atoms with Gasteiger partial charge in [-0.05, 0) is 60.9 Å². The van der Waals surface area contributed by atoms with Crippen molar-refractivity contribution in [2.45, 2.75) is 18.9 Å². The van der Waals surface area contributed by atoms with Gasteiger partial charge < -0.3 is 24.6 Å². The third kappa shape index (κ3) is 4.41. The molecule has 2 aliphatic rings. The number of hydrogen-bond acceptors (Lipinski definition) is 7. The first kappa shape index (κ1) is 25.5. The maximum atomic E-state index is 13.5. The predicted molar refractivity (Wildman–Crippen MR) is 145 cm³/mol. The second-order valence-corrected chi connectivity index (χ2v) is 9.57. The van der Waals surface area contributed by atoms with Crippen molar-refractivity contribution in [1.29, 1.82) is 0 Å². The van der Waals surface area contributed by atoms with Gasteiger partial charge in [-0.25, -0.2) is 0 Å². The van der Waals surface area contributed by atoms with E-state index in [9.17, 15) is 19.8 Å². The zero-order chi connectivity index (χ0) is 27.0. The number of hydrogen-bond donors (Lipinski definition) is 2. The summed E-state index contributed by atoms with van der Waals surface area (Å²) < 4.78 is 10.7. The number of phenolic OH excluding ortho intramolecular Hbond substituents is 1. The molecule has 2 N–H and O–H groups in total. The molecule has 3 aromatic rings. The summed E-state index contributed by atoms with van der Waals surface area (Å²) in [5.74, 6) is -1.62. The normalized spacial score (nSPS) is 18.8. The van der Waals surface area contributed by atoms with Crippen LogP contribution in [0.15, 0.2) is 66.2 Å². The van der Waals surface area contributed by atoms with E-state index in [1.807, 2.05) is 12.1 Å². The van der Waals surface area contributed by atoms with Crippen molar-refractivity contribution in [2.75, 3.05) is 37.1 Å². The predicted octanol–water partition coefficient (Wildman–Crippen LogP) is 5.29. The van der Waals surface area contributed by atoms with Crippen molar-refractivity contribution < 1.29 is 29.3 Å². The van der Waals surface area contributed by atoms with Gasteiger partial charge in [-0.1, -0.05) is 23.7 Å². The molecule has 0 bridgehead atoms. The molecule has 2 saturated heterocycles. The largest absolute Gasteiger partial charge is 0.508 e. The van der Waals surface area contributed by atoms with E-state index in [4.69, 9.17) is 21.1 Å². The fourth-order valence-electron chi connectivity index (χ4n) is 5.10. The highest BCUT2D eigenvalue weighted by atomic mass is 35.5. The van der Waals surface area contributed by atoms with Crippen LogP contribution in [0.4, 0.5) is 11.4 Å². The maximum absolute atomic E-state index is 13.5. The van der Waals surface area contributed by atoms with E-state index in [1.165, 1.54) is 43.4 Å². The second kappa shape index (κ2) is 10.3. The second-order valence-electron chi connectivity index (χ2n) is 9.16. The van der Waals surface area contributed by atoms with Crippen LogP contribution in [0.2, 0.25) is 5.02 Å². The van der Waals surface area contributed by atoms with Crippen molar-refractivity contribution in [2.24, 2.45) is 0 Å². The molecule has 38 heavy (non-hydrogen) atoms. The SMILES string of the molecule is COc1cc(OC)c(/C(O)=C2\C(=O)C(=O)N(c3ccc(N4CCCC4)cc3)C2c2cccc(O)c2)cc1Cl. The molecule has 3 aromatic carbocycles. The lowest BCUT2D eigenvalue weighted by molar-refractivity contribution is -0.132. The summed E-state index contributed by atoms with van der Waals surface area (Å²) in [6.45, 7) is 1.94. The Morgan fingerprint density at radius 1 is 0.921 bits per heavy atom. The highest BCUT2D eigenvalue weighted by molar-refractivity contribution is 6.51. The number of ketones is 1. The first-order valence-electron chi connectivity index (χ1n) is 12.2. The average molecular weight is 535 g/mol. The molecule has 2 fully saturated rings. The number of carbonyl (C=O) groups excluding carboxylic acids is 2. The Balaban J connectivity index is 1.67. The number of halogens is 1. The van der Waals surface area contributed by atoms with E-state index in [0.29, 0.717) is 17.0 Å². The van der Waals surface area contributed by atoms with Crippen molar-refractivity contribution in [1.82, 2.24) is 0 Å². The van der Waals surface area contributed by atoms with E-state index in [-0.39, 0.29) is 27.7 Å². The molecule has 0 aliphatic carbocycles. The Morgan fingerprint density at radius 3 is 2.21 bits per heavy atom. The standard InChI is InChI=1S/C29H27ClN2O6/c1-37-23-16-24(38-2)22(30)15-21(23)27(34)25-26(17-6-5-7-20(33)14-17)32(29(36)28(25)35)19-10-8-18(9-11-19)31-12-3-4-13-31/h5-11,14-16,26,33-34H,3-4,12-13H2,1-2H3/b27-25+. The van der Waals surface area contributed by atoms with Gasteiger partial charge in [0.05, 0.1) is 36.4 Å². The number of aromatic hydroxyl groups is 1. The van der Waals surface area contributed by atoms with E-state index >= 15 is 0 Å². The number of Topliss-reactive ketones (excluding diaryl/α,β-unsaturated/α-hetero) is 1. The molecule has 8 nitrogen and oxygen atoms in total. The summed E-state index contributed by atoms with van der Waals surface area (Å²) in [5, 5.41) is 21.9. The van der Waals surface area contributed by atoms with Gasteiger partial charge in [-0.3, -0.25) is 14.5 Å². The van der Waals surface area contributed by atoms with Crippen LogP contribution in [0.5, 0.6) is 17.2 Å². The van der Waals surface area contributed by atoms with Gasteiger partial charge in [0.2, 0.25) is 0 Å². The van der Waals surface area contributed by atoms with Gasteiger partial charge in [0, 0.05) is 30.5 Å². The Labute approximate surface area is 225 Å². The molecule has 1 amide bonds. The van der Waals surface area contributed by atoms with Gasteiger partial charge in [-0.15, -0.1) is 0 Å². The molecule has 196 valence electrons. The van der Waals surface area contributed by atoms with Crippen LogP contribution in [0.1, 0.15) is 30.0 Å². The molecule has 0 aromatic heterocycles. The van der Waals surface area contributed by atoms with Crippen LogP contribution in [0, 0.1) is 0 Å². The molecule has 2 aliphatic heterocycles. The van der Waals surface area contributed by atoms with Crippen LogP contribution < -0.4 is 19.3 Å². The van der Waals surface area contributed by atoms with E-state index in [0.717, 1.165) is 31.6 Å². The van der Waals surface area contributed by atoms with Crippen LogP contribution in [-0.2, 0) is 9.59 Å². The summed E-state index contributed by atoms with van der Waals surface area (Å²) in [5.41, 5.74) is 1.96. The van der Waals surface area contributed by atoms with Crippen molar-refractivity contribution >= 4 is 40.4 Å². The summed E-state index contributed by atoms with van der Waals surface area (Å²) in [6.07, 6.45) is 2.26. The van der Waals surface area contributed by atoms with Gasteiger partial charge >= 0.3 is 0 Å². The van der Waals surface area contributed by atoms with Gasteiger partial charge in [0.15, 0.2) is 0 Å². The van der Waals surface area contributed by atoms with Crippen molar-refractivity contribution in [3.8, 4) is 17.2 Å². The van der Waals surface area contributed by atoms with E-state index in [2.05, 4.69) is 4.90 Å². The number of carbonyl (C=O) groups is 2. The smallest absolute Gasteiger partial charge is 0.300 e. The lowest BCUT2D eigenvalue weighted by Crippen LogP contribution is -2.29. The topological polar surface area (TPSA) is 99.5 Å². The Morgan fingerprint density at radius 2 is 1.58 bits per heavy atom. The molecular weight excluding hydrogens is 508 g/mol. The van der Waals surface area contributed by atoms with Crippen LogP contribution in [-0.4, -0.2) is 49.2 Å². The molecule has 1 unspecified atom stereocenters. The highest BCUT2D eigenvalue weighted by Crippen LogP contribution is 2.45. The number of methoxy groups -OCH3 is 2. The molecule has 5 rings (SSSR count). The molecule has 2 heterocycles. The number of anilines is 2. The third-order valence-corrected chi connectivity index (χ3v) is 7.25. The molecule has 1 atom stereocenters. The number of nitrogens with zero attached hydrogens (tertiary/aromatic N) is 2. The number of rotatable bonds is 6. The fraction of sp³-hybridized carbons (Fsp3) is 0.241. The average Bonchev–Trinajstić information content (AvgIpc) is 3.55. The minimum absolute atomic E-state index is 0.0393. The quantitative estimate of drug-likeness (QED) is 0.252. The Bertz CT molecular complexity index is 1430. The lowest BCUT2D eigenvalue weighted by Gasteiger charge is -2.26. The van der Waals surface area contributed by atoms with Crippen molar-refractivity contribution in [3.63, 3.8) is 0 Å². The molecule has 0 saturated carbocycles. The third-order valence-electron chi connectivity index (χ3n) is 6.96. The monoisotopic (exact) mass is 534 g/mol. The first-order valence-corrected chi connectivity index (χ1v) is 12.6. The number of amides is 1. The van der Waals surface area contributed by atoms with Gasteiger partial charge in [0.1, 0.15) is 23.0 Å². The highest BCUT2D eigenvalue weighted by Gasteiger charge is 2.47.